The normalized spacial score (nSPS) is 15.3. The van der Waals surface area contributed by atoms with E-state index in [1.807, 2.05) is 13.8 Å². The number of halogens is 3. The molecule has 0 aliphatic rings. The maximum Gasteiger partial charge on any atom is 0.341 e. The van der Waals surface area contributed by atoms with Gasteiger partial charge in [-0.3, -0.25) is 0 Å². The van der Waals surface area contributed by atoms with Crippen LogP contribution in [0.2, 0.25) is 0 Å². The molecule has 1 aromatic rings. The number of sulfone groups is 1. The number of para-hydroxylation sites is 1. The van der Waals surface area contributed by atoms with Gasteiger partial charge in [0.25, 0.3) is 0 Å². The van der Waals surface area contributed by atoms with Crippen molar-refractivity contribution in [1.29, 1.82) is 0 Å². The summed E-state index contributed by atoms with van der Waals surface area (Å²) in [4.78, 5) is -0.362. The predicted octanol–water partition coefficient (Wildman–Crippen LogP) is 3.51. The molecule has 0 heterocycles. The fourth-order valence-electron chi connectivity index (χ4n) is 1.45. The van der Waals surface area contributed by atoms with Gasteiger partial charge in [-0.25, -0.2) is 8.42 Å². The van der Waals surface area contributed by atoms with Gasteiger partial charge in [-0.1, -0.05) is 35.0 Å². The highest BCUT2D eigenvalue weighted by atomic mass is 79.9. The van der Waals surface area contributed by atoms with E-state index in [9.17, 15) is 17.2 Å². The fraction of sp³-hybridized carbons (Fsp3) is 0.500. The van der Waals surface area contributed by atoms with Crippen molar-refractivity contribution >= 4 is 31.5 Å². The first kappa shape index (κ1) is 16.4. The SMILES string of the molecule is CC(CBr)C(C)Nc1ccccc1S(=O)(=O)C(F)F. The van der Waals surface area contributed by atoms with Crippen molar-refractivity contribution in [3.63, 3.8) is 0 Å². The zero-order valence-corrected chi connectivity index (χ0v) is 13.0. The van der Waals surface area contributed by atoms with Crippen molar-refractivity contribution in [2.45, 2.75) is 30.5 Å². The third kappa shape index (κ3) is 3.89. The lowest BCUT2D eigenvalue weighted by molar-refractivity contribution is 0.235. The second-order valence-corrected chi connectivity index (χ2v) is 6.90. The molecule has 1 aromatic carbocycles. The van der Waals surface area contributed by atoms with Crippen molar-refractivity contribution in [3.8, 4) is 0 Å². The molecular formula is C12H16BrF2NO2S. The number of hydrogen-bond donors (Lipinski definition) is 1. The molecular weight excluding hydrogens is 340 g/mol. The van der Waals surface area contributed by atoms with Crippen LogP contribution in [0.1, 0.15) is 13.8 Å². The van der Waals surface area contributed by atoms with Crippen LogP contribution in [0.3, 0.4) is 0 Å². The Morgan fingerprint density at radius 2 is 1.84 bits per heavy atom. The van der Waals surface area contributed by atoms with Gasteiger partial charge in [-0.2, -0.15) is 8.78 Å². The molecule has 0 aliphatic carbocycles. The van der Waals surface area contributed by atoms with E-state index >= 15 is 0 Å². The fourth-order valence-corrected chi connectivity index (χ4v) is 2.91. The molecule has 7 heteroatoms. The highest BCUT2D eigenvalue weighted by molar-refractivity contribution is 9.09. The average Bonchev–Trinajstić information content (AvgIpc) is 2.37. The summed E-state index contributed by atoms with van der Waals surface area (Å²) in [5, 5.41) is 3.71. The Morgan fingerprint density at radius 3 is 2.37 bits per heavy atom. The summed E-state index contributed by atoms with van der Waals surface area (Å²) in [6.45, 7) is 3.84. The Kier molecular flexibility index (Phi) is 5.73. The first-order chi connectivity index (χ1) is 8.80. The largest absolute Gasteiger partial charge is 0.381 e. The molecule has 0 amide bonds. The van der Waals surface area contributed by atoms with E-state index in [2.05, 4.69) is 21.2 Å². The van der Waals surface area contributed by atoms with Crippen molar-refractivity contribution in [2.75, 3.05) is 10.6 Å². The smallest absolute Gasteiger partial charge is 0.341 e. The summed E-state index contributed by atoms with van der Waals surface area (Å²) in [6, 6.07) is 5.67. The molecule has 0 spiro atoms. The molecule has 108 valence electrons. The highest BCUT2D eigenvalue weighted by Gasteiger charge is 2.29. The quantitative estimate of drug-likeness (QED) is 0.794. The minimum atomic E-state index is -4.59. The van der Waals surface area contributed by atoms with Crippen LogP contribution in [0.15, 0.2) is 29.2 Å². The Hall–Kier alpha value is -0.690. The standard InChI is InChI=1S/C12H16BrF2NO2S/c1-8(7-13)9(2)16-10-5-3-4-6-11(10)19(17,18)12(14)15/h3-6,8-9,12,16H,7H2,1-2H3. The Balaban J connectivity index is 3.11. The van der Waals surface area contributed by atoms with Crippen LogP contribution in [0.25, 0.3) is 0 Å². The van der Waals surface area contributed by atoms with E-state index in [1.165, 1.54) is 18.2 Å². The van der Waals surface area contributed by atoms with E-state index in [0.29, 0.717) is 0 Å². The van der Waals surface area contributed by atoms with Crippen molar-refractivity contribution in [3.05, 3.63) is 24.3 Å². The monoisotopic (exact) mass is 355 g/mol. The van der Waals surface area contributed by atoms with E-state index < -0.39 is 15.6 Å². The molecule has 0 aromatic heterocycles. The van der Waals surface area contributed by atoms with E-state index in [-0.39, 0.29) is 22.5 Å². The molecule has 1 N–H and O–H groups in total. The summed E-state index contributed by atoms with van der Waals surface area (Å²) >= 11 is 3.33. The summed E-state index contributed by atoms with van der Waals surface area (Å²) < 4.78 is 48.4. The zero-order valence-electron chi connectivity index (χ0n) is 10.6. The van der Waals surface area contributed by atoms with Gasteiger partial charge in [0.05, 0.1) is 10.6 Å². The predicted molar refractivity (Wildman–Crippen MR) is 75.7 cm³/mol. The molecule has 2 atom stereocenters. The van der Waals surface area contributed by atoms with Gasteiger partial charge in [0.2, 0.25) is 9.84 Å². The zero-order chi connectivity index (χ0) is 14.6. The van der Waals surface area contributed by atoms with Crippen LogP contribution < -0.4 is 5.32 Å². The first-order valence-electron chi connectivity index (χ1n) is 5.74. The molecule has 2 unspecified atom stereocenters. The molecule has 0 bridgehead atoms. The summed E-state index contributed by atoms with van der Waals surface area (Å²) in [5.74, 6) is -3.19. The Bertz CT molecular complexity index is 522. The van der Waals surface area contributed by atoms with Crippen LogP contribution in [0, 0.1) is 5.92 Å². The van der Waals surface area contributed by atoms with Crippen LogP contribution in [0.4, 0.5) is 14.5 Å². The van der Waals surface area contributed by atoms with Gasteiger partial charge in [-0.15, -0.1) is 0 Å². The maximum atomic E-state index is 12.6. The topological polar surface area (TPSA) is 46.2 Å². The molecule has 19 heavy (non-hydrogen) atoms. The number of nitrogens with one attached hydrogen (secondary N) is 1. The molecule has 1 rings (SSSR count). The lowest BCUT2D eigenvalue weighted by Gasteiger charge is -2.22. The first-order valence-corrected chi connectivity index (χ1v) is 8.41. The lowest BCUT2D eigenvalue weighted by Crippen LogP contribution is -2.26. The number of rotatable bonds is 6. The van der Waals surface area contributed by atoms with Crippen molar-refractivity contribution in [1.82, 2.24) is 0 Å². The number of hydrogen-bond acceptors (Lipinski definition) is 3. The Morgan fingerprint density at radius 1 is 1.26 bits per heavy atom. The van der Waals surface area contributed by atoms with Gasteiger partial charge < -0.3 is 5.32 Å². The second kappa shape index (κ2) is 6.65. The minimum Gasteiger partial charge on any atom is -0.381 e. The van der Waals surface area contributed by atoms with Gasteiger partial charge in [0.1, 0.15) is 0 Å². The summed E-state index contributed by atoms with van der Waals surface area (Å²) in [5.41, 5.74) is 0.211. The summed E-state index contributed by atoms with van der Waals surface area (Å²) in [7, 11) is -4.59. The molecule has 3 nitrogen and oxygen atoms in total. The third-order valence-electron chi connectivity index (χ3n) is 2.91. The van der Waals surface area contributed by atoms with E-state index in [0.717, 1.165) is 5.33 Å². The number of benzene rings is 1. The van der Waals surface area contributed by atoms with Crippen LogP contribution in [-0.2, 0) is 9.84 Å². The van der Waals surface area contributed by atoms with Gasteiger partial charge in [0, 0.05) is 11.4 Å². The number of anilines is 1. The van der Waals surface area contributed by atoms with Crippen LogP contribution in [-0.4, -0.2) is 25.5 Å². The average molecular weight is 356 g/mol. The third-order valence-corrected chi connectivity index (χ3v) is 5.37. The molecule has 0 saturated heterocycles. The molecule has 0 aliphatic heterocycles. The lowest BCUT2D eigenvalue weighted by atomic mass is 10.1. The van der Waals surface area contributed by atoms with Crippen LogP contribution >= 0.6 is 15.9 Å². The second-order valence-electron chi connectivity index (χ2n) is 4.37. The Labute approximate surface area is 120 Å². The van der Waals surface area contributed by atoms with E-state index in [1.54, 1.807) is 6.07 Å². The number of alkyl halides is 3. The van der Waals surface area contributed by atoms with Crippen molar-refractivity contribution < 1.29 is 17.2 Å². The highest BCUT2D eigenvalue weighted by Crippen LogP contribution is 2.27. The molecule has 0 fully saturated rings. The summed E-state index contributed by atoms with van der Waals surface area (Å²) in [6.07, 6.45) is 0. The van der Waals surface area contributed by atoms with Crippen LogP contribution in [0.5, 0.6) is 0 Å². The minimum absolute atomic E-state index is 0.0478. The molecule has 0 saturated carbocycles. The van der Waals surface area contributed by atoms with Gasteiger partial charge in [0.15, 0.2) is 0 Å². The molecule has 0 radical (unpaired) electrons. The maximum absolute atomic E-state index is 12.6. The van der Waals surface area contributed by atoms with Crippen molar-refractivity contribution in [2.24, 2.45) is 5.92 Å². The van der Waals surface area contributed by atoms with Gasteiger partial charge in [-0.05, 0) is 25.0 Å². The van der Waals surface area contributed by atoms with Gasteiger partial charge >= 0.3 is 5.76 Å². The van der Waals surface area contributed by atoms with E-state index in [4.69, 9.17) is 0 Å².